The van der Waals surface area contributed by atoms with Crippen molar-refractivity contribution in [2.24, 2.45) is 5.41 Å². The lowest BCUT2D eigenvalue weighted by molar-refractivity contribution is 0.355. The van der Waals surface area contributed by atoms with Crippen LogP contribution in [-0.4, -0.2) is 34.3 Å². The molecule has 0 bridgehead atoms. The summed E-state index contributed by atoms with van der Waals surface area (Å²) in [5.41, 5.74) is 1.36. The lowest BCUT2D eigenvalue weighted by Crippen LogP contribution is -2.38. The molecule has 1 rings (SSSR count). The Kier molecular flexibility index (Phi) is 4.82. The number of benzene rings is 1. The van der Waals surface area contributed by atoms with Gasteiger partial charge < -0.3 is 15.0 Å². The van der Waals surface area contributed by atoms with Gasteiger partial charge in [-0.05, 0) is 24.6 Å². The van der Waals surface area contributed by atoms with Gasteiger partial charge in [-0.1, -0.05) is 26.0 Å². The number of nitrogens with one attached hydrogen (secondary N) is 1. The van der Waals surface area contributed by atoms with Crippen molar-refractivity contribution in [3.05, 3.63) is 24.3 Å². The van der Waals surface area contributed by atoms with Gasteiger partial charge in [-0.2, -0.15) is 0 Å². The Balaban J connectivity index is 2.79. The van der Waals surface area contributed by atoms with Crippen LogP contribution < -0.4 is 15.0 Å². The van der Waals surface area contributed by atoms with Crippen LogP contribution in [0.15, 0.2) is 24.3 Å². The molecule has 0 saturated carbocycles. The van der Waals surface area contributed by atoms with E-state index in [0.29, 0.717) is 0 Å². The van der Waals surface area contributed by atoms with Crippen molar-refractivity contribution < 1.29 is 4.74 Å². The minimum absolute atomic E-state index is 0.227. The number of hydrogen-bond donors (Lipinski definition) is 1. The van der Waals surface area contributed by atoms with E-state index in [4.69, 9.17) is 4.74 Å². The zero-order valence-electron chi connectivity index (χ0n) is 11.6. The predicted molar refractivity (Wildman–Crippen MR) is 74.0 cm³/mol. The predicted octanol–water partition coefficient (Wildman–Crippen LogP) is 2.38. The Morgan fingerprint density at radius 1 is 1.29 bits per heavy atom. The lowest BCUT2D eigenvalue weighted by Gasteiger charge is -2.32. The molecule has 0 heterocycles. The zero-order chi connectivity index (χ0) is 12.9. The van der Waals surface area contributed by atoms with Crippen molar-refractivity contribution >= 4 is 5.69 Å². The van der Waals surface area contributed by atoms with Gasteiger partial charge in [-0.15, -0.1) is 0 Å². The smallest absolute Gasteiger partial charge is 0.142 e. The van der Waals surface area contributed by atoms with E-state index in [0.717, 1.165) is 24.5 Å². The molecule has 0 aromatic heterocycles. The van der Waals surface area contributed by atoms with Gasteiger partial charge in [0, 0.05) is 20.1 Å². The van der Waals surface area contributed by atoms with Gasteiger partial charge >= 0.3 is 0 Å². The summed E-state index contributed by atoms with van der Waals surface area (Å²) >= 11 is 0. The molecule has 0 atom stereocenters. The molecule has 0 amide bonds. The topological polar surface area (TPSA) is 24.5 Å². The van der Waals surface area contributed by atoms with Gasteiger partial charge in [0.05, 0.1) is 12.8 Å². The van der Waals surface area contributed by atoms with Crippen LogP contribution in [0.1, 0.15) is 13.8 Å². The quantitative estimate of drug-likeness (QED) is 0.820. The summed E-state index contributed by atoms with van der Waals surface area (Å²) in [6.07, 6.45) is 0. The second-order valence-corrected chi connectivity index (χ2v) is 5.22. The van der Waals surface area contributed by atoms with E-state index in [-0.39, 0.29) is 5.41 Å². The second kappa shape index (κ2) is 5.92. The molecule has 0 aliphatic rings. The summed E-state index contributed by atoms with van der Waals surface area (Å²) in [6, 6.07) is 8.12. The van der Waals surface area contributed by atoms with E-state index >= 15 is 0 Å². The Hall–Kier alpha value is -1.22. The van der Waals surface area contributed by atoms with E-state index in [1.165, 1.54) is 0 Å². The molecule has 0 fully saturated rings. The fraction of sp³-hybridized carbons (Fsp3) is 0.571. The Labute approximate surface area is 105 Å². The first-order valence-corrected chi connectivity index (χ1v) is 5.99. The molecule has 0 radical (unpaired) electrons. The average molecular weight is 236 g/mol. The second-order valence-electron chi connectivity index (χ2n) is 5.22. The number of nitrogens with zero attached hydrogens (tertiary/aromatic N) is 1. The molecule has 0 aliphatic carbocycles. The van der Waals surface area contributed by atoms with Crippen molar-refractivity contribution in [1.82, 2.24) is 5.32 Å². The average Bonchev–Trinajstić information content (AvgIpc) is 2.28. The molecule has 0 spiro atoms. The van der Waals surface area contributed by atoms with E-state index in [1.807, 2.05) is 25.2 Å². The molecular weight excluding hydrogens is 212 g/mol. The van der Waals surface area contributed by atoms with Crippen LogP contribution in [0.3, 0.4) is 0 Å². The third kappa shape index (κ3) is 3.93. The highest BCUT2D eigenvalue weighted by molar-refractivity contribution is 5.57. The maximum atomic E-state index is 5.38. The monoisotopic (exact) mass is 236 g/mol. The van der Waals surface area contributed by atoms with Crippen molar-refractivity contribution in [2.45, 2.75) is 13.8 Å². The van der Waals surface area contributed by atoms with Gasteiger partial charge in [0.25, 0.3) is 0 Å². The molecule has 3 heteroatoms. The molecule has 17 heavy (non-hydrogen) atoms. The maximum absolute atomic E-state index is 5.38. The Bertz CT molecular complexity index is 350. The van der Waals surface area contributed by atoms with E-state index in [9.17, 15) is 0 Å². The molecular formula is C14H24N2O. The third-order valence-electron chi connectivity index (χ3n) is 2.82. The molecule has 1 aromatic carbocycles. The standard InChI is InChI=1S/C14H24N2O/c1-14(2,10-15-3)11-16(4)12-8-6-7-9-13(12)17-5/h6-9,15H,10-11H2,1-5H3. The number of hydrogen-bond acceptors (Lipinski definition) is 3. The minimum atomic E-state index is 0.227. The highest BCUT2D eigenvalue weighted by atomic mass is 16.5. The number of anilines is 1. The first kappa shape index (κ1) is 13.8. The van der Waals surface area contributed by atoms with Crippen molar-refractivity contribution in [2.75, 3.05) is 39.2 Å². The first-order chi connectivity index (χ1) is 8.00. The fourth-order valence-electron chi connectivity index (χ4n) is 2.21. The van der Waals surface area contributed by atoms with Crippen LogP contribution in [0, 0.1) is 5.41 Å². The highest BCUT2D eigenvalue weighted by Crippen LogP contribution is 2.28. The molecule has 0 saturated heterocycles. The van der Waals surface area contributed by atoms with Gasteiger partial charge in [0.2, 0.25) is 0 Å². The van der Waals surface area contributed by atoms with E-state index in [2.05, 4.69) is 37.2 Å². The molecule has 1 aromatic rings. The van der Waals surface area contributed by atoms with Crippen LogP contribution in [0.5, 0.6) is 5.75 Å². The summed E-state index contributed by atoms with van der Waals surface area (Å²) in [7, 11) is 5.81. The number of methoxy groups -OCH3 is 1. The summed E-state index contributed by atoms with van der Waals surface area (Å²) in [6.45, 7) is 6.49. The zero-order valence-corrected chi connectivity index (χ0v) is 11.6. The number of ether oxygens (including phenoxy) is 1. The van der Waals surface area contributed by atoms with Crippen molar-refractivity contribution in [1.29, 1.82) is 0 Å². The first-order valence-electron chi connectivity index (χ1n) is 5.99. The van der Waals surface area contributed by atoms with Gasteiger partial charge in [-0.25, -0.2) is 0 Å². The summed E-state index contributed by atoms with van der Waals surface area (Å²) < 4.78 is 5.38. The van der Waals surface area contributed by atoms with Crippen LogP contribution in [0.25, 0.3) is 0 Å². The molecule has 1 N–H and O–H groups in total. The molecule has 96 valence electrons. The van der Waals surface area contributed by atoms with E-state index in [1.54, 1.807) is 7.11 Å². The Morgan fingerprint density at radius 2 is 1.94 bits per heavy atom. The number of rotatable bonds is 6. The van der Waals surface area contributed by atoms with Crippen LogP contribution in [0.2, 0.25) is 0 Å². The molecule has 0 unspecified atom stereocenters. The molecule has 3 nitrogen and oxygen atoms in total. The summed E-state index contributed by atoms with van der Waals surface area (Å²) in [4.78, 5) is 2.25. The normalized spacial score (nSPS) is 11.4. The van der Waals surface area contributed by atoms with Gasteiger partial charge in [0.15, 0.2) is 0 Å². The van der Waals surface area contributed by atoms with Crippen molar-refractivity contribution in [3.8, 4) is 5.75 Å². The van der Waals surface area contributed by atoms with Gasteiger partial charge in [0.1, 0.15) is 5.75 Å². The maximum Gasteiger partial charge on any atom is 0.142 e. The third-order valence-corrected chi connectivity index (χ3v) is 2.82. The molecule has 0 aliphatic heterocycles. The Morgan fingerprint density at radius 3 is 2.53 bits per heavy atom. The minimum Gasteiger partial charge on any atom is -0.495 e. The summed E-state index contributed by atoms with van der Waals surface area (Å²) in [5, 5.41) is 3.24. The van der Waals surface area contributed by atoms with Crippen molar-refractivity contribution in [3.63, 3.8) is 0 Å². The lowest BCUT2D eigenvalue weighted by atomic mass is 9.92. The van der Waals surface area contributed by atoms with Crippen LogP contribution in [-0.2, 0) is 0 Å². The highest BCUT2D eigenvalue weighted by Gasteiger charge is 2.20. The largest absolute Gasteiger partial charge is 0.495 e. The number of para-hydroxylation sites is 2. The van der Waals surface area contributed by atoms with Crippen LogP contribution in [0.4, 0.5) is 5.69 Å². The van der Waals surface area contributed by atoms with Gasteiger partial charge in [-0.3, -0.25) is 0 Å². The van der Waals surface area contributed by atoms with Crippen LogP contribution >= 0.6 is 0 Å². The fourth-order valence-corrected chi connectivity index (χ4v) is 2.21. The van der Waals surface area contributed by atoms with E-state index < -0.39 is 0 Å². The summed E-state index contributed by atoms with van der Waals surface area (Å²) in [5.74, 6) is 0.926. The SMILES string of the molecule is CNCC(C)(C)CN(C)c1ccccc1OC.